The number of nitrogens with two attached hydrogens (primary N) is 1. The Balaban J connectivity index is 2.84. The van der Waals surface area contributed by atoms with Gasteiger partial charge in [0.15, 0.2) is 0 Å². The van der Waals surface area contributed by atoms with Gasteiger partial charge < -0.3 is 91.8 Å². The van der Waals surface area contributed by atoms with Gasteiger partial charge >= 0.3 is 17.9 Å². The van der Waals surface area contributed by atoms with Crippen LogP contribution in [0.4, 0.5) is 0 Å². The Labute approximate surface area is 632 Å². The predicted molar refractivity (Wildman–Crippen MR) is 402 cm³/mol. The van der Waals surface area contributed by atoms with Crippen molar-refractivity contribution in [3.63, 3.8) is 0 Å². The smallest absolute Gasteiger partial charge is 0.326 e. The highest BCUT2D eigenvalue weighted by Crippen LogP contribution is 2.22. The van der Waals surface area contributed by atoms with Crippen molar-refractivity contribution in [1.29, 1.82) is 0 Å². The van der Waals surface area contributed by atoms with E-state index in [9.17, 15) is 43.5 Å². The van der Waals surface area contributed by atoms with Gasteiger partial charge in [0.1, 0.15) is 70.9 Å². The molecule has 0 aliphatic carbocycles. The minimum Gasteiger partial charge on any atom is -0.488 e. The molecule has 30 nitrogen and oxygen atoms in total. The van der Waals surface area contributed by atoms with E-state index in [4.69, 9.17) is 38.9 Å². The van der Waals surface area contributed by atoms with Gasteiger partial charge in [-0.05, 0) is 195 Å². The molecule has 0 saturated heterocycles. The molecule has 0 aromatic heterocycles. The Morgan fingerprint density at radius 3 is 1.24 bits per heavy atom. The monoisotopic (exact) mass is 1510 g/mol. The molecule has 2 aromatic rings. The van der Waals surface area contributed by atoms with E-state index < -0.39 is 209 Å². The molecular weight excluding hydrogens is 1380 g/mol. The van der Waals surface area contributed by atoms with Crippen LogP contribution >= 0.6 is 0 Å². The number of carboxylic acids is 1. The largest absolute Gasteiger partial charge is 0.488 e. The van der Waals surface area contributed by atoms with E-state index in [0.717, 1.165) is 0 Å². The molecular formula is C77H126N10O20. The Hall–Kier alpha value is -8.32. The molecule has 0 bridgehead atoms. The van der Waals surface area contributed by atoms with Gasteiger partial charge in [-0.15, -0.1) is 0 Å². The molecule has 9 amide bonds. The summed E-state index contributed by atoms with van der Waals surface area (Å²) < 4.78 is 41.5. The Morgan fingerprint density at radius 2 is 0.804 bits per heavy atom. The van der Waals surface area contributed by atoms with Crippen LogP contribution in [-0.2, 0) is 98.8 Å². The summed E-state index contributed by atoms with van der Waals surface area (Å²) in [7, 11) is 0. The Kier molecular flexibility index (Phi) is 36.6. The molecule has 107 heavy (non-hydrogen) atoms. The van der Waals surface area contributed by atoms with Gasteiger partial charge in [0.25, 0.3) is 0 Å². The highest BCUT2D eigenvalue weighted by molar-refractivity contribution is 5.99. The summed E-state index contributed by atoms with van der Waals surface area (Å²) in [6, 6.07) is 0.917. The standard InChI is InChI=1S/C77H126N10O20/c1-26-44(2)59(70(99)100)86-67(96)55(43-102-72(8,9)10)83-63(92)51(39-48-32-34-49(35-33-48)105-75(17,18)19)80-64(93)53(40-58(90)107-77(23,24)25)81-66(95)54(42-101-71(5,6)7)84-69(98)61(46(4)104-74(14,15)16)87-65(94)52(38-47-30-28-27-29-31-47)82-68(97)60(45(3)103-73(11,12)13)85-56(88)41-79-62(91)50(78)36-37-57(89)106-76(20,21)22/h27-35,44-46,50-55,59-61H,26,36-43,78H2,1-25H3,(H,79,91)(H,80,93)(H,81,95)(H,82,97)(H,83,92)(H,84,98)(H,85,88)(H,86,96)(H,87,94)(H,99,100)/t44-,45+,46+,50-,51-,52-,53-,54-,55-,59-,60-,61-/m0/s1. The molecule has 12 N–H and O–H groups in total. The van der Waals surface area contributed by atoms with Crippen LogP contribution < -0.4 is 58.3 Å². The van der Waals surface area contributed by atoms with E-state index in [2.05, 4.69) is 47.9 Å². The lowest BCUT2D eigenvalue weighted by Gasteiger charge is -2.34. The first-order chi connectivity index (χ1) is 48.8. The highest BCUT2D eigenvalue weighted by Gasteiger charge is 2.41. The SMILES string of the molecule is CC[C@H](C)[C@H](NC(=O)[C@H](COC(C)(C)C)NC(=O)[C@H](Cc1ccc(OC(C)(C)C)cc1)NC(=O)[C@H](CC(=O)OC(C)(C)C)NC(=O)[C@H](COC(C)(C)C)NC(=O)[C@@H](NC(=O)[C@H](Cc1ccccc1)NC(=O)[C@@H](NC(=O)CNC(=O)[C@@H](N)CCC(=O)OC(C)(C)C)[C@@H](C)OC(C)(C)C)[C@@H](C)OC(C)(C)C)C(=O)O. The zero-order valence-corrected chi connectivity index (χ0v) is 67.8. The fourth-order valence-electron chi connectivity index (χ4n) is 10.2. The number of ether oxygens (including phenoxy) is 7. The molecule has 0 saturated carbocycles. The quantitative estimate of drug-likeness (QED) is 0.0393. The number of hydrogen-bond acceptors (Lipinski definition) is 20. The van der Waals surface area contributed by atoms with Crippen LogP contribution in [0.15, 0.2) is 54.6 Å². The topological polar surface area (TPSA) is 424 Å². The maximum Gasteiger partial charge on any atom is 0.326 e. The number of carbonyl (C=O) groups is 12. The van der Waals surface area contributed by atoms with Crippen molar-refractivity contribution in [2.75, 3.05) is 19.8 Å². The van der Waals surface area contributed by atoms with Crippen molar-refractivity contribution < 1.29 is 95.8 Å². The van der Waals surface area contributed by atoms with Crippen LogP contribution in [0.25, 0.3) is 0 Å². The number of benzene rings is 2. The van der Waals surface area contributed by atoms with Crippen LogP contribution in [0.2, 0.25) is 0 Å². The van der Waals surface area contributed by atoms with Gasteiger partial charge in [-0.25, -0.2) is 4.79 Å². The van der Waals surface area contributed by atoms with E-state index in [-0.39, 0.29) is 25.7 Å². The van der Waals surface area contributed by atoms with Gasteiger partial charge in [-0.1, -0.05) is 62.7 Å². The third-order valence-corrected chi connectivity index (χ3v) is 15.2. The first kappa shape index (κ1) is 94.8. The third kappa shape index (κ3) is 39.4. The van der Waals surface area contributed by atoms with E-state index >= 15 is 19.2 Å². The fourth-order valence-corrected chi connectivity index (χ4v) is 10.2. The van der Waals surface area contributed by atoms with Gasteiger partial charge in [-0.3, -0.25) is 52.7 Å². The van der Waals surface area contributed by atoms with E-state index in [1.807, 2.05) is 20.8 Å². The summed E-state index contributed by atoms with van der Waals surface area (Å²) in [5, 5.41) is 33.7. The number of amides is 9. The van der Waals surface area contributed by atoms with Gasteiger partial charge in [0, 0.05) is 19.3 Å². The predicted octanol–water partition coefficient (Wildman–Crippen LogP) is 4.99. The normalized spacial score (nSPS) is 15.7. The minimum absolute atomic E-state index is 0.0986. The number of carbonyl (C=O) groups excluding carboxylic acids is 11. The Bertz CT molecular complexity index is 3280. The van der Waals surface area contributed by atoms with E-state index in [0.29, 0.717) is 23.3 Å². The number of rotatable bonds is 39. The zero-order valence-electron chi connectivity index (χ0n) is 67.8. The molecule has 604 valence electrons. The third-order valence-electron chi connectivity index (χ3n) is 15.2. The summed E-state index contributed by atoms with van der Waals surface area (Å²) in [6.45, 7) is 40.4. The highest BCUT2D eigenvalue weighted by atomic mass is 16.6. The molecule has 2 rings (SSSR count). The molecule has 0 unspecified atom stereocenters. The second-order valence-electron chi connectivity index (χ2n) is 33.8. The van der Waals surface area contributed by atoms with Crippen LogP contribution in [0.3, 0.4) is 0 Å². The summed E-state index contributed by atoms with van der Waals surface area (Å²) >= 11 is 0. The van der Waals surface area contributed by atoms with Crippen molar-refractivity contribution >= 4 is 71.1 Å². The van der Waals surface area contributed by atoms with Crippen molar-refractivity contribution in [2.45, 2.75) is 317 Å². The molecule has 2 aromatic carbocycles. The second-order valence-corrected chi connectivity index (χ2v) is 33.8. The van der Waals surface area contributed by atoms with Crippen LogP contribution in [0.5, 0.6) is 5.75 Å². The fraction of sp³-hybridized carbons (Fsp3) is 0.688. The molecule has 0 aliphatic rings. The number of nitrogens with one attached hydrogen (secondary N) is 9. The average molecular weight is 1510 g/mol. The zero-order chi connectivity index (χ0) is 82.1. The average Bonchev–Trinajstić information content (AvgIpc) is 0.841. The maximum atomic E-state index is 15.3. The lowest BCUT2D eigenvalue weighted by molar-refractivity contribution is -0.157. The molecule has 0 radical (unpaired) electrons. The summed E-state index contributed by atoms with van der Waals surface area (Å²) in [5.74, 6) is -11.6. The second kappa shape index (κ2) is 41.3. The van der Waals surface area contributed by atoms with Crippen molar-refractivity contribution in [1.82, 2.24) is 47.9 Å². The molecule has 12 atom stereocenters. The summed E-state index contributed by atoms with van der Waals surface area (Å²) in [4.78, 5) is 170. The number of aliphatic carboxylic acids is 1. The van der Waals surface area contributed by atoms with E-state index in [1.54, 1.807) is 193 Å². The lowest BCUT2D eigenvalue weighted by Crippen LogP contribution is -2.64. The maximum absolute atomic E-state index is 15.3. The Morgan fingerprint density at radius 1 is 0.421 bits per heavy atom. The molecule has 0 fully saturated rings. The molecule has 0 heterocycles. The van der Waals surface area contributed by atoms with Crippen LogP contribution in [-0.4, -0.2) is 202 Å². The first-order valence-corrected chi connectivity index (χ1v) is 36.4. The van der Waals surface area contributed by atoms with E-state index in [1.165, 1.54) is 13.8 Å². The lowest BCUT2D eigenvalue weighted by atomic mass is 9.99. The van der Waals surface area contributed by atoms with Crippen LogP contribution in [0, 0.1) is 5.92 Å². The number of carboxylic acid groups (broad SMARTS) is 1. The summed E-state index contributed by atoms with van der Waals surface area (Å²) in [6.07, 6.45) is -3.57. The number of esters is 2. The van der Waals surface area contributed by atoms with Gasteiger partial charge in [-0.2, -0.15) is 0 Å². The molecule has 30 heteroatoms. The van der Waals surface area contributed by atoms with Gasteiger partial charge in [0.05, 0.1) is 66.8 Å². The van der Waals surface area contributed by atoms with Crippen molar-refractivity contribution in [3.05, 3.63) is 65.7 Å². The first-order valence-electron chi connectivity index (χ1n) is 36.4. The van der Waals surface area contributed by atoms with Crippen molar-refractivity contribution in [3.8, 4) is 5.75 Å². The minimum atomic E-state index is -1.90. The molecule has 0 spiro atoms. The van der Waals surface area contributed by atoms with Gasteiger partial charge in [0.2, 0.25) is 53.2 Å². The van der Waals surface area contributed by atoms with Crippen molar-refractivity contribution in [2.24, 2.45) is 11.7 Å². The molecule has 0 aliphatic heterocycles. The summed E-state index contributed by atoms with van der Waals surface area (Å²) in [5.41, 5.74) is 0.825. The van der Waals surface area contributed by atoms with Crippen LogP contribution in [0.1, 0.15) is 210 Å². The number of hydrogen-bond donors (Lipinski definition) is 11.